The summed E-state index contributed by atoms with van der Waals surface area (Å²) in [5.41, 5.74) is 3.24. The van der Waals surface area contributed by atoms with Gasteiger partial charge >= 0.3 is 0 Å². The minimum Gasteiger partial charge on any atom is -0.328 e. The molecule has 2 N–H and O–H groups in total. The predicted molar refractivity (Wildman–Crippen MR) is 128 cm³/mol. The van der Waals surface area contributed by atoms with Crippen molar-refractivity contribution in [2.24, 2.45) is 0 Å². The Labute approximate surface area is 198 Å². The van der Waals surface area contributed by atoms with Gasteiger partial charge in [-0.3, -0.25) is 14.5 Å². The van der Waals surface area contributed by atoms with Gasteiger partial charge in [-0.1, -0.05) is 23.7 Å². The van der Waals surface area contributed by atoms with E-state index in [0.717, 1.165) is 49.4 Å². The van der Waals surface area contributed by atoms with Crippen LogP contribution in [0.2, 0.25) is 5.02 Å². The number of carbonyl (C=O) groups excluding carboxylic acids is 2. The van der Waals surface area contributed by atoms with Crippen LogP contribution in [0.25, 0.3) is 6.08 Å². The number of anilines is 1. The van der Waals surface area contributed by atoms with Crippen LogP contribution in [0.3, 0.4) is 0 Å². The molecule has 2 aliphatic heterocycles. The second-order valence-corrected chi connectivity index (χ2v) is 9.14. The molecule has 6 nitrogen and oxygen atoms in total. The van der Waals surface area contributed by atoms with Crippen LogP contribution in [-0.4, -0.2) is 59.9 Å². The molecule has 8 heteroatoms. The summed E-state index contributed by atoms with van der Waals surface area (Å²) in [4.78, 5) is 29.1. The molecule has 0 spiro atoms. The lowest BCUT2D eigenvalue weighted by atomic mass is 10.00. The standard InChI is InChI=1S/C25H28ClFN4O2/c1-16-9-19(24(10-23(16)26)29-17(2)32)5-8-25(33)31-21-11-28-12-22(31)15-30(14-21)13-18-3-6-20(27)7-4-18/h3-10,21-22,28H,11-15H2,1-2H3,(H,29,32). The summed E-state index contributed by atoms with van der Waals surface area (Å²) in [6, 6.07) is 10.3. The van der Waals surface area contributed by atoms with E-state index in [1.807, 2.05) is 30.0 Å². The normalized spacial score (nSPS) is 20.8. The second kappa shape index (κ2) is 10.0. The van der Waals surface area contributed by atoms with Gasteiger partial charge in [-0.25, -0.2) is 4.39 Å². The lowest BCUT2D eigenvalue weighted by Gasteiger charge is -2.50. The van der Waals surface area contributed by atoms with E-state index in [4.69, 9.17) is 11.6 Å². The number of amides is 2. The highest BCUT2D eigenvalue weighted by molar-refractivity contribution is 6.31. The van der Waals surface area contributed by atoms with Gasteiger partial charge in [0, 0.05) is 56.4 Å². The summed E-state index contributed by atoms with van der Waals surface area (Å²) in [7, 11) is 0. The maximum Gasteiger partial charge on any atom is 0.247 e. The Bertz CT molecular complexity index is 1060. The minimum atomic E-state index is -0.237. The van der Waals surface area contributed by atoms with Crippen molar-refractivity contribution in [3.8, 4) is 0 Å². The van der Waals surface area contributed by atoms with E-state index in [2.05, 4.69) is 15.5 Å². The molecule has 2 saturated heterocycles. The summed E-state index contributed by atoms with van der Waals surface area (Å²) < 4.78 is 13.2. The molecule has 2 atom stereocenters. The molecule has 174 valence electrons. The Morgan fingerprint density at radius 2 is 1.85 bits per heavy atom. The number of nitrogens with one attached hydrogen (secondary N) is 2. The highest BCUT2D eigenvalue weighted by Gasteiger charge is 2.39. The van der Waals surface area contributed by atoms with Crippen LogP contribution in [0, 0.1) is 12.7 Å². The first-order valence-electron chi connectivity index (χ1n) is 11.1. The SMILES string of the molecule is CC(=O)Nc1cc(Cl)c(C)cc1C=CC(=O)N1C2CNCC1CN(Cc1ccc(F)cc1)C2. The van der Waals surface area contributed by atoms with E-state index in [9.17, 15) is 14.0 Å². The van der Waals surface area contributed by atoms with Crippen LogP contribution in [0.1, 0.15) is 23.6 Å². The van der Waals surface area contributed by atoms with Gasteiger partial charge in [0.05, 0.1) is 12.1 Å². The van der Waals surface area contributed by atoms with Gasteiger partial charge in [0.2, 0.25) is 11.8 Å². The van der Waals surface area contributed by atoms with Gasteiger partial charge in [-0.2, -0.15) is 0 Å². The maximum absolute atomic E-state index is 13.2. The average Bonchev–Trinajstić information content (AvgIpc) is 2.75. The zero-order chi connectivity index (χ0) is 23.5. The molecular weight excluding hydrogens is 443 g/mol. The molecule has 0 radical (unpaired) electrons. The summed E-state index contributed by atoms with van der Waals surface area (Å²) in [6.45, 7) is 7.01. The zero-order valence-corrected chi connectivity index (χ0v) is 19.5. The van der Waals surface area contributed by atoms with E-state index < -0.39 is 0 Å². The van der Waals surface area contributed by atoms with E-state index in [0.29, 0.717) is 10.7 Å². The topological polar surface area (TPSA) is 64.7 Å². The molecule has 2 aromatic carbocycles. The molecule has 2 heterocycles. The summed E-state index contributed by atoms with van der Waals surface area (Å²) in [5.74, 6) is -0.484. The smallest absolute Gasteiger partial charge is 0.247 e. The van der Waals surface area contributed by atoms with Crippen LogP contribution >= 0.6 is 11.6 Å². The highest BCUT2D eigenvalue weighted by atomic mass is 35.5. The number of carbonyl (C=O) groups is 2. The number of hydrogen-bond acceptors (Lipinski definition) is 4. The first kappa shape index (κ1) is 23.4. The number of benzene rings is 2. The monoisotopic (exact) mass is 470 g/mol. The van der Waals surface area contributed by atoms with E-state index >= 15 is 0 Å². The van der Waals surface area contributed by atoms with Gasteiger partial charge < -0.3 is 15.5 Å². The number of fused-ring (bicyclic) bond motifs is 2. The van der Waals surface area contributed by atoms with Crippen molar-refractivity contribution in [2.45, 2.75) is 32.5 Å². The molecular formula is C25H28ClFN4O2. The van der Waals surface area contributed by atoms with Crippen molar-refractivity contribution in [3.63, 3.8) is 0 Å². The lowest BCUT2D eigenvalue weighted by Crippen LogP contribution is -2.68. The van der Waals surface area contributed by atoms with Crippen LogP contribution in [0.5, 0.6) is 0 Å². The van der Waals surface area contributed by atoms with Gasteiger partial charge in [0.1, 0.15) is 5.82 Å². The first-order valence-corrected chi connectivity index (χ1v) is 11.4. The van der Waals surface area contributed by atoms with Crippen LogP contribution in [-0.2, 0) is 16.1 Å². The lowest BCUT2D eigenvalue weighted by molar-refractivity contribution is -0.136. The Hall–Kier alpha value is -2.74. The summed E-state index contributed by atoms with van der Waals surface area (Å²) in [6.07, 6.45) is 3.32. The number of hydrogen-bond donors (Lipinski definition) is 2. The summed E-state index contributed by atoms with van der Waals surface area (Å²) in [5, 5.41) is 6.76. The summed E-state index contributed by atoms with van der Waals surface area (Å²) >= 11 is 6.22. The number of nitrogens with zero attached hydrogens (tertiary/aromatic N) is 2. The fourth-order valence-electron chi connectivity index (χ4n) is 4.61. The number of aryl methyl sites for hydroxylation is 1. The molecule has 2 amide bonds. The molecule has 2 unspecified atom stereocenters. The van der Waals surface area contributed by atoms with Crippen molar-refractivity contribution in [2.75, 3.05) is 31.5 Å². The molecule has 2 aromatic rings. The van der Waals surface area contributed by atoms with Crippen molar-refractivity contribution in [3.05, 3.63) is 70.0 Å². The number of halogens is 2. The molecule has 0 aromatic heterocycles. The van der Waals surface area contributed by atoms with Gasteiger partial charge in [0.25, 0.3) is 0 Å². The molecule has 33 heavy (non-hydrogen) atoms. The Morgan fingerprint density at radius 1 is 1.18 bits per heavy atom. The molecule has 2 bridgehead atoms. The largest absolute Gasteiger partial charge is 0.328 e. The Morgan fingerprint density at radius 3 is 2.48 bits per heavy atom. The van der Waals surface area contributed by atoms with Gasteiger partial charge in [-0.05, 0) is 54.0 Å². The van der Waals surface area contributed by atoms with Crippen molar-refractivity contribution in [1.82, 2.24) is 15.1 Å². The number of piperazine rings is 2. The average molecular weight is 471 g/mol. The van der Waals surface area contributed by atoms with Crippen molar-refractivity contribution >= 4 is 35.2 Å². The molecule has 4 rings (SSSR count). The predicted octanol–water partition coefficient (Wildman–Crippen LogP) is 3.44. The third-order valence-corrected chi connectivity index (χ3v) is 6.51. The van der Waals surface area contributed by atoms with Gasteiger partial charge in [0.15, 0.2) is 0 Å². The van der Waals surface area contributed by atoms with Crippen LogP contribution in [0.15, 0.2) is 42.5 Å². The quantitative estimate of drug-likeness (QED) is 0.657. The Kier molecular flexibility index (Phi) is 7.12. The third-order valence-electron chi connectivity index (χ3n) is 6.11. The molecule has 2 aliphatic rings. The van der Waals surface area contributed by atoms with E-state index in [1.54, 1.807) is 18.2 Å². The molecule has 2 fully saturated rings. The molecule has 0 saturated carbocycles. The van der Waals surface area contributed by atoms with E-state index in [-0.39, 0.29) is 29.7 Å². The second-order valence-electron chi connectivity index (χ2n) is 8.74. The fraction of sp³-hybridized carbons (Fsp3) is 0.360. The maximum atomic E-state index is 13.2. The van der Waals surface area contributed by atoms with Crippen molar-refractivity contribution < 1.29 is 14.0 Å². The number of rotatable bonds is 5. The molecule has 0 aliphatic carbocycles. The minimum absolute atomic E-state index is 0.0469. The van der Waals surface area contributed by atoms with Crippen LogP contribution < -0.4 is 10.6 Å². The highest BCUT2D eigenvalue weighted by Crippen LogP contribution is 2.27. The third kappa shape index (κ3) is 5.61. The fourth-order valence-corrected chi connectivity index (χ4v) is 4.77. The first-order chi connectivity index (χ1) is 15.8. The Balaban J connectivity index is 1.48. The zero-order valence-electron chi connectivity index (χ0n) is 18.8. The van der Waals surface area contributed by atoms with E-state index in [1.165, 1.54) is 19.1 Å². The van der Waals surface area contributed by atoms with Crippen LogP contribution in [0.4, 0.5) is 10.1 Å². The van der Waals surface area contributed by atoms with Crippen molar-refractivity contribution in [1.29, 1.82) is 0 Å². The van der Waals surface area contributed by atoms with Gasteiger partial charge in [-0.15, -0.1) is 0 Å².